The van der Waals surface area contributed by atoms with E-state index in [2.05, 4.69) is 29.9 Å². The van der Waals surface area contributed by atoms with E-state index in [9.17, 15) is 8.42 Å². The maximum atomic E-state index is 13.5. The molecule has 4 atom stereocenters. The van der Waals surface area contributed by atoms with Gasteiger partial charge in [0.05, 0.1) is 38.0 Å². The summed E-state index contributed by atoms with van der Waals surface area (Å²) in [6.07, 6.45) is 1.41. The summed E-state index contributed by atoms with van der Waals surface area (Å²) in [5.41, 5.74) is 0.443. The first kappa shape index (κ1) is 27.1. The predicted molar refractivity (Wildman–Crippen MR) is 134 cm³/mol. The summed E-state index contributed by atoms with van der Waals surface area (Å²) >= 11 is 5.87. The zero-order chi connectivity index (χ0) is 26.6. The molecule has 3 aromatic heterocycles. The topological polar surface area (TPSA) is 152 Å². The molecule has 13 nitrogen and oxygen atoms in total. The monoisotopic (exact) mass is 553 g/mol. The van der Waals surface area contributed by atoms with E-state index in [1.165, 1.54) is 33.5 Å². The first-order valence-electron chi connectivity index (χ1n) is 11.4. The second kappa shape index (κ2) is 11.6. The lowest BCUT2D eigenvalue weighted by Crippen LogP contribution is -2.37. The number of sulfonamides is 1. The fourth-order valence-corrected chi connectivity index (χ4v) is 5.12. The van der Waals surface area contributed by atoms with Gasteiger partial charge >= 0.3 is 0 Å². The fourth-order valence-electron chi connectivity index (χ4n) is 3.88. The fraction of sp³-hybridized carbons (Fsp3) is 0.500. The molecule has 0 bridgehead atoms. The minimum absolute atomic E-state index is 0.0139. The Labute approximate surface area is 219 Å². The molecule has 0 spiro atoms. The normalized spacial score (nSPS) is 18.7. The molecule has 0 saturated carbocycles. The molecular formula is C22H28ClN7O6S. The number of anilines is 1. The number of ether oxygens (including phenoxy) is 4. The van der Waals surface area contributed by atoms with Crippen molar-refractivity contribution in [2.24, 2.45) is 0 Å². The van der Waals surface area contributed by atoms with E-state index in [1.807, 2.05) is 6.92 Å². The summed E-state index contributed by atoms with van der Waals surface area (Å²) in [7, 11) is -1.19. The summed E-state index contributed by atoms with van der Waals surface area (Å²) in [6.45, 7) is 4.58. The second-order valence-corrected chi connectivity index (χ2v) is 10.7. The third-order valence-electron chi connectivity index (χ3n) is 5.94. The van der Waals surface area contributed by atoms with E-state index >= 15 is 0 Å². The number of nitrogens with one attached hydrogen (secondary N) is 1. The molecule has 37 heavy (non-hydrogen) atoms. The molecule has 0 aromatic carbocycles. The number of halogens is 1. The number of pyridine rings is 1. The zero-order valence-corrected chi connectivity index (χ0v) is 22.3. The molecule has 15 heteroatoms. The van der Waals surface area contributed by atoms with E-state index in [-0.39, 0.29) is 17.9 Å². The molecule has 1 saturated heterocycles. The van der Waals surface area contributed by atoms with Gasteiger partial charge in [-0.2, -0.15) is 0 Å². The van der Waals surface area contributed by atoms with Crippen LogP contribution in [0.3, 0.4) is 0 Å². The summed E-state index contributed by atoms with van der Waals surface area (Å²) in [6, 6.07) is 4.77. The number of aromatic nitrogens is 6. The first-order valence-corrected chi connectivity index (χ1v) is 13.3. The van der Waals surface area contributed by atoms with Crippen LogP contribution in [0, 0.1) is 0 Å². The lowest BCUT2D eigenvalue weighted by Gasteiger charge is -2.30. The molecule has 1 N–H and O–H groups in total. The largest absolute Gasteiger partial charge is 0.481 e. The average molecular weight is 554 g/mol. The van der Waals surface area contributed by atoms with Crippen molar-refractivity contribution in [1.29, 1.82) is 0 Å². The summed E-state index contributed by atoms with van der Waals surface area (Å²) in [5, 5.41) is 7.63. The van der Waals surface area contributed by atoms with Gasteiger partial charge in [-0.15, -0.1) is 10.2 Å². The number of methoxy groups -OCH3 is 2. The molecule has 1 aliphatic rings. The van der Waals surface area contributed by atoms with Gasteiger partial charge in [0.2, 0.25) is 21.9 Å². The molecule has 1 aliphatic heterocycles. The van der Waals surface area contributed by atoms with E-state index in [0.29, 0.717) is 42.2 Å². The van der Waals surface area contributed by atoms with Crippen LogP contribution < -0.4 is 9.46 Å². The van der Waals surface area contributed by atoms with Crippen LogP contribution in [0.4, 0.5) is 5.95 Å². The van der Waals surface area contributed by atoms with Crippen LogP contribution >= 0.6 is 11.6 Å². The van der Waals surface area contributed by atoms with Crippen LogP contribution in [-0.2, 0) is 24.2 Å². The Hall–Kier alpha value is -2.91. The minimum atomic E-state index is -4.08. The molecule has 200 valence electrons. The average Bonchev–Trinajstić information content (AvgIpc) is 3.32. The molecule has 4 heterocycles. The lowest BCUT2D eigenvalue weighted by molar-refractivity contribution is -0.104. The van der Waals surface area contributed by atoms with Crippen LogP contribution in [0.15, 0.2) is 30.6 Å². The van der Waals surface area contributed by atoms with E-state index in [4.69, 9.17) is 30.5 Å². The highest BCUT2D eigenvalue weighted by Crippen LogP contribution is 2.31. The Morgan fingerprint density at radius 1 is 1.16 bits per heavy atom. The Morgan fingerprint density at radius 2 is 1.92 bits per heavy atom. The van der Waals surface area contributed by atoms with Crippen molar-refractivity contribution in [2.45, 2.75) is 37.3 Å². The third-order valence-corrected chi connectivity index (χ3v) is 7.83. The Morgan fingerprint density at radius 3 is 2.57 bits per heavy atom. The van der Waals surface area contributed by atoms with Gasteiger partial charge in [0, 0.05) is 25.6 Å². The van der Waals surface area contributed by atoms with Crippen molar-refractivity contribution in [1.82, 2.24) is 29.7 Å². The smallest absolute Gasteiger partial charge is 0.240 e. The molecule has 3 aromatic rings. The number of rotatable bonds is 10. The highest BCUT2D eigenvalue weighted by molar-refractivity contribution is 7.93. The third kappa shape index (κ3) is 5.99. The SMILES string of the molecule is COc1cccc(-c2nnc(NS(=O)(=O)[C@@H](C)[C@H](OC)c3ncc(Cl)cn3)n2[C@@H](C)[C@@H]2COCCO2)n1. The van der Waals surface area contributed by atoms with Gasteiger partial charge in [-0.3, -0.25) is 9.29 Å². The van der Waals surface area contributed by atoms with Crippen molar-refractivity contribution in [3.05, 3.63) is 41.4 Å². The lowest BCUT2D eigenvalue weighted by atomic mass is 10.1. The minimum Gasteiger partial charge on any atom is -0.481 e. The Kier molecular flexibility index (Phi) is 8.54. The molecule has 0 aliphatic carbocycles. The van der Waals surface area contributed by atoms with Gasteiger partial charge < -0.3 is 18.9 Å². The number of nitrogens with zero attached hydrogens (tertiary/aromatic N) is 6. The first-order chi connectivity index (χ1) is 17.7. The summed E-state index contributed by atoms with van der Waals surface area (Å²) < 4.78 is 53.3. The molecule has 0 unspecified atom stereocenters. The zero-order valence-electron chi connectivity index (χ0n) is 20.7. The highest BCUT2D eigenvalue weighted by Gasteiger charge is 2.36. The van der Waals surface area contributed by atoms with E-state index in [1.54, 1.807) is 22.8 Å². The van der Waals surface area contributed by atoms with Crippen LogP contribution in [0.25, 0.3) is 11.5 Å². The van der Waals surface area contributed by atoms with Crippen molar-refractivity contribution in [3.8, 4) is 17.4 Å². The van der Waals surface area contributed by atoms with Crippen LogP contribution in [-0.4, -0.2) is 83.5 Å². The molecule has 0 radical (unpaired) electrons. The summed E-state index contributed by atoms with van der Waals surface area (Å²) in [5.74, 6) is 0.863. The molecular weight excluding hydrogens is 526 g/mol. The van der Waals surface area contributed by atoms with Gasteiger partial charge in [-0.05, 0) is 19.9 Å². The standard InChI is InChI=1S/C22H28ClN7O6S/c1-13(17-12-35-8-9-36-17)30-21(16-6-5-7-18(26-16)33-3)27-28-22(30)29-37(31,32)14(2)19(34-4)20-24-10-15(23)11-25-20/h5-7,10-11,13-14,17,19H,8-9,12H2,1-4H3,(H,28,29)/t13-,14-,17-,19-/m0/s1. The van der Waals surface area contributed by atoms with Crippen molar-refractivity contribution in [2.75, 3.05) is 38.8 Å². The Bertz CT molecular complexity index is 1300. The number of hydrogen-bond donors (Lipinski definition) is 1. The van der Waals surface area contributed by atoms with Gasteiger partial charge in [0.25, 0.3) is 0 Å². The van der Waals surface area contributed by atoms with Crippen LogP contribution in [0.1, 0.15) is 31.8 Å². The maximum Gasteiger partial charge on any atom is 0.240 e. The maximum absolute atomic E-state index is 13.5. The van der Waals surface area contributed by atoms with Crippen LogP contribution in [0.5, 0.6) is 5.88 Å². The quantitative estimate of drug-likeness (QED) is 0.393. The van der Waals surface area contributed by atoms with Crippen molar-refractivity contribution < 1.29 is 27.4 Å². The van der Waals surface area contributed by atoms with E-state index < -0.39 is 27.4 Å². The van der Waals surface area contributed by atoms with Gasteiger partial charge in [-0.25, -0.2) is 23.4 Å². The van der Waals surface area contributed by atoms with Gasteiger partial charge in [0.15, 0.2) is 11.6 Å². The summed E-state index contributed by atoms with van der Waals surface area (Å²) in [4.78, 5) is 12.7. The predicted octanol–water partition coefficient (Wildman–Crippen LogP) is 2.29. The molecule has 4 rings (SSSR count). The van der Waals surface area contributed by atoms with Crippen LogP contribution in [0.2, 0.25) is 5.02 Å². The number of hydrogen-bond acceptors (Lipinski definition) is 11. The Balaban J connectivity index is 1.70. The van der Waals surface area contributed by atoms with Gasteiger partial charge in [-0.1, -0.05) is 17.7 Å². The molecule has 1 fully saturated rings. The highest BCUT2D eigenvalue weighted by atomic mass is 35.5. The van der Waals surface area contributed by atoms with Crippen molar-refractivity contribution in [3.63, 3.8) is 0 Å². The molecule has 0 amide bonds. The van der Waals surface area contributed by atoms with Crippen molar-refractivity contribution >= 4 is 27.6 Å². The van der Waals surface area contributed by atoms with Gasteiger partial charge in [0.1, 0.15) is 23.2 Å². The van der Waals surface area contributed by atoms with E-state index in [0.717, 1.165) is 0 Å². The second-order valence-electron chi connectivity index (χ2n) is 8.28.